The second-order valence-electron chi connectivity index (χ2n) is 6.60. The maximum atomic E-state index is 8.42. The van der Waals surface area contributed by atoms with Crippen molar-refractivity contribution in [1.82, 2.24) is 5.32 Å². The molecule has 0 atom stereocenters. The molecule has 0 radical (unpaired) electrons. The molecular weight excluding hydrogens is 280 g/mol. The Balaban J connectivity index is 3.04. The highest BCUT2D eigenvalue weighted by molar-refractivity contribution is 4.81. The maximum Gasteiger partial charge on any atom is 0.0635 e. The second-order valence-corrected chi connectivity index (χ2v) is 6.60. The quantitative estimate of drug-likeness (QED) is 0.230. The van der Waals surface area contributed by atoms with E-state index in [1.54, 1.807) is 0 Å². The van der Waals surface area contributed by atoms with Gasteiger partial charge in [0.25, 0.3) is 0 Å². The van der Waals surface area contributed by atoms with E-state index in [9.17, 15) is 0 Å². The molecule has 0 aliphatic heterocycles. The molecule has 0 heterocycles. The molecule has 0 amide bonds. The fraction of sp³-hybridized carbons (Fsp3) is 0.857. The monoisotopic (exact) mass is 320 g/mol. The zero-order valence-corrected chi connectivity index (χ0v) is 15.6. The Bertz CT molecular complexity index is 278. The summed E-state index contributed by atoms with van der Waals surface area (Å²) in [6.45, 7) is 4.20. The van der Waals surface area contributed by atoms with Crippen LogP contribution < -0.4 is 5.32 Å². The molecule has 0 aromatic carbocycles. The van der Waals surface area contributed by atoms with Crippen molar-refractivity contribution in [2.45, 2.75) is 103 Å². The Morgan fingerprint density at radius 3 is 1.78 bits per heavy atom. The second kappa shape index (κ2) is 21.2. The molecular formula is C21H40N2. The standard InChI is InChI=1S/C21H40N2/c1-2-3-4-5-6-7-8-9-10-11-12-13-14-15-16-17-20-23-21-18-19-22/h9-10,23H,2-8,11-18,20-21H2,1H3. The van der Waals surface area contributed by atoms with Crippen LogP contribution in [0, 0.1) is 11.3 Å². The number of allylic oxidation sites excluding steroid dienone is 2. The molecule has 2 heteroatoms. The van der Waals surface area contributed by atoms with Crippen LogP contribution in [0.5, 0.6) is 0 Å². The van der Waals surface area contributed by atoms with E-state index in [0.29, 0.717) is 6.42 Å². The minimum absolute atomic E-state index is 0.631. The van der Waals surface area contributed by atoms with Crippen LogP contribution in [0.4, 0.5) is 0 Å². The third kappa shape index (κ3) is 21.2. The van der Waals surface area contributed by atoms with Crippen LogP contribution in [0.2, 0.25) is 0 Å². The summed E-state index contributed by atoms with van der Waals surface area (Å²) >= 11 is 0. The fourth-order valence-corrected chi connectivity index (χ4v) is 2.77. The van der Waals surface area contributed by atoms with Gasteiger partial charge in [-0.15, -0.1) is 0 Å². The maximum absolute atomic E-state index is 8.42. The van der Waals surface area contributed by atoms with E-state index in [1.807, 2.05) is 0 Å². The zero-order valence-electron chi connectivity index (χ0n) is 15.6. The Hall–Kier alpha value is -0.810. The number of unbranched alkanes of at least 4 members (excludes halogenated alkanes) is 12. The lowest BCUT2D eigenvalue weighted by molar-refractivity contribution is 0.569. The van der Waals surface area contributed by atoms with E-state index >= 15 is 0 Å². The van der Waals surface area contributed by atoms with Gasteiger partial charge in [-0.1, -0.05) is 76.9 Å². The van der Waals surface area contributed by atoms with E-state index in [0.717, 1.165) is 13.1 Å². The average molecular weight is 321 g/mol. The molecule has 0 saturated heterocycles. The third-order valence-corrected chi connectivity index (χ3v) is 4.28. The first-order valence-corrected chi connectivity index (χ1v) is 10.1. The van der Waals surface area contributed by atoms with Crippen LogP contribution in [-0.4, -0.2) is 13.1 Å². The number of hydrogen-bond donors (Lipinski definition) is 1. The summed E-state index contributed by atoms with van der Waals surface area (Å²) in [7, 11) is 0. The molecule has 0 spiro atoms. The van der Waals surface area contributed by atoms with Gasteiger partial charge in [-0.05, 0) is 38.6 Å². The number of nitrogens with one attached hydrogen (secondary N) is 1. The lowest BCUT2D eigenvalue weighted by atomic mass is 10.1. The highest BCUT2D eigenvalue weighted by atomic mass is 14.8. The van der Waals surface area contributed by atoms with Gasteiger partial charge in [-0.2, -0.15) is 5.26 Å². The van der Waals surface area contributed by atoms with Gasteiger partial charge < -0.3 is 5.32 Å². The lowest BCUT2D eigenvalue weighted by Crippen LogP contribution is -2.15. The minimum Gasteiger partial charge on any atom is -0.316 e. The predicted octanol–water partition coefficient (Wildman–Crippen LogP) is 6.53. The van der Waals surface area contributed by atoms with Crippen molar-refractivity contribution in [3.8, 4) is 6.07 Å². The molecule has 0 aromatic rings. The number of nitriles is 1. The first-order valence-electron chi connectivity index (χ1n) is 10.1. The number of rotatable bonds is 18. The van der Waals surface area contributed by atoms with Gasteiger partial charge >= 0.3 is 0 Å². The van der Waals surface area contributed by atoms with Crippen molar-refractivity contribution < 1.29 is 0 Å². The first-order chi connectivity index (χ1) is 11.4. The third-order valence-electron chi connectivity index (χ3n) is 4.28. The molecule has 0 aromatic heterocycles. The summed E-state index contributed by atoms with van der Waals surface area (Å²) in [5.74, 6) is 0. The van der Waals surface area contributed by atoms with Crippen LogP contribution in [-0.2, 0) is 0 Å². The van der Waals surface area contributed by atoms with Gasteiger partial charge in [-0.25, -0.2) is 0 Å². The highest BCUT2D eigenvalue weighted by Gasteiger charge is 1.92. The van der Waals surface area contributed by atoms with Crippen molar-refractivity contribution in [3.05, 3.63) is 12.2 Å². The van der Waals surface area contributed by atoms with Crippen LogP contribution in [0.25, 0.3) is 0 Å². The molecule has 134 valence electrons. The van der Waals surface area contributed by atoms with Gasteiger partial charge in [0.05, 0.1) is 6.07 Å². The topological polar surface area (TPSA) is 35.8 Å². The van der Waals surface area contributed by atoms with Crippen molar-refractivity contribution in [3.63, 3.8) is 0 Å². The molecule has 0 aliphatic rings. The van der Waals surface area contributed by atoms with Crippen molar-refractivity contribution in [2.24, 2.45) is 0 Å². The van der Waals surface area contributed by atoms with E-state index in [1.165, 1.54) is 89.9 Å². The SMILES string of the molecule is CCCCCCCCC=CCCCCCCCCNCCC#N. The molecule has 0 rings (SSSR count). The van der Waals surface area contributed by atoms with Gasteiger partial charge in [0, 0.05) is 13.0 Å². The van der Waals surface area contributed by atoms with Gasteiger partial charge in [0.15, 0.2) is 0 Å². The summed E-state index contributed by atoms with van der Waals surface area (Å²) in [6, 6.07) is 2.16. The molecule has 0 fully saturated rings. The Kier molecular flexibility index (Phi) is 20.4. The van der Waals surface area contributed by atoms with Crippen molar-refractivity contribution in [2.75, 3.05) is 13.1 Å². The Labute approximate surface area is 145 Å². The van der Waals surface area contributed by atoms with E-state index in [-0.39, 0.29) is 0 Å². The summed E-state index contributed by atoms with van der Waals surface area (Å²) in [4.78, 5) is 0. The van der Waals surface area contributed by atoms with Gasteiger partial charge in [0.1, 0.15) is 0 Å². The molecule has 0 saturated carbocycles. The minimum atomic E-state index is 0.631. The van der Waals surface area contributed by atoms with E-state index < -0.39 is 0 Å². The highest BCUT2D eigenvalue weighted by Crippen LogP contribution is 2.09. The summed E-state index contributed by atoms with van der Waals surface area (Å²) in [5, 5.41) is 11.7. The smallest absolute Gasteiger partial charge is 0.0635 e. The Morgan fingerprint density at radius 2 is 1.22 bits per heavy atom. The molecule has 0 bridgehead atoms. The predicted molar refractivity (Wildman–Crippen MR) is 103 cm³/mol. The van der Waals surface area contributed by atoms with Crippen LogP contribution >= 0.6 is 0 Å². The summed E-state index contributed by atoms with van der Waals surface area (Å²) < 4.78 is 0. The zero-order chi connectivity index (χ0) is 16.8. The summed E-state index contributed by atoms with van der Waals surface area (Å²) in [5.41, 5.74) is 0. The van der Waals surface area contributed by atoms with E-state index in [2.05, 4.69) is 30.5 Å². The molecule has 1 N–H and O–H groups in total. The number of hydrogen-bond acceptors (Lipinski definition) is 2. The van der Waals surface area contributed by atoms with Crippen LogP contribution in [0.3, 0.4) is 0 Å². The normalized spacial score (nSPS) is 11.1. The molecule has 0 aliphatic carbocycles. The summed E-state index contributed by atoms with van der Waals surface area (Å²) in [6.07, 6.45) is 24.4. The first kappa shape index (κ1) is 22.2. The molecule has 23 heavy (non-hydrogen) atoms. The van der Waals surface area contributed by atoms with Crippen molar-refractivity contribution in [1.29, 1.82) is 5.26 Å². The van der Waals surface area contributed by atoms with Crippen LogP contribution in [0.15, 0.2) is 12.2 Å². The fourth-order valence-electron chi connectivity index (χ4n) is 2.77. The molecule has 0 unspecified atom stereocenters. The molecule has 2 nitrogen and oxygen atoms in total. The number of nitrogens with zero attached hydrogens (tertiary/aromatic N) is 1. The average Bonchev–Trinajstić information content (AvgIpc) is 2.57. The van der Waals surface area contributed by atoms with Gasteiger partial charge in [-0.3, -0.25) is 0 Å². The Morgan fingerprint density at radius 1 is 0.696 bits per heavy atom. The van der Waals surface area contributed by atoms with Crippen LogP contribution in [0.1, 0.15) is 103 Å². The van der Waals surface area contributed by atoms with Crippen molar-refractivity contribution >= 4 is 0 Å². The largest absolute Gasteiger partial charge is 0.316 e. The lowest BCUT2D eigenvalue weighted by Gasteiger charge is -2.02. The van der Waals surface area contributed by atoms with E-state index in [4.69, 9.17) is 5.26 Å². The van der Waals surface area contributed by atoms with Gasteiger partial charge in [0.2, 0.25) is 0 Å².